The van der Waals surface area contributed by atoms with Gasteiger partial charge in [-0.15, -0.1) is 0 Å². The molecule has 4 nitrogen and oxygen atoms in total. The number of rotatable bonds is 6. The lowest BCUT2D eigenvalue weighted by Crippen LogP contribution is -2.02. The fraction of sp³-hybridized carbons (Fsp3) is 0.0364. The first-order valence-electron chi connectivity index (χ1n) is 20.3. The van der Waals surface area contributed by atoms with Gasteiger partial charge < -0.3 is 4.57 Å². The van der Waals surface area contributed by atoms with Gasteiger partial charge in [-0.1, -0.05) is 182 Å². The van der Waals surface area contributed by atoms with Crippen molar-refractivity contribution in [3.05, 3.63) is 217 Å². The van der Waals surface area contributed by atoms with Crippen LogP contribution in [0.3, 0.4) is 0 Å². The Morgan fingerprint density at radius 2 is 0.966 bits per heavy atom. The molecule has 2 heterocycles. The molecule has 4 heteroatoms. The Morgan fingerprint density at radius 3 is 1.75 bits per heavy atom. The Labute approximate surface area is 341 Å². The second-order valence-corrected chi connectivity index (χ2v) is 15.5. The van der Waals surface area contributed by atoms with Gasteiger partial charge in [0, 0.05) is 38.8 Å². The van der Waals surface area contributed by atoms with Crippen LogP contribution in [-0.2, 0) is 6.42 Å². The quantitative estimate of drug-likeness (QED) is 0.170. The molecule has 0 amide bonds. The van der Waals surface area contributed by atoms with E-state index in [1.807, 2.05) is 36.4 Å². The van der Waals surface area contributed by atoms with E-state index >= 15 is 0 Å². The lowest BCUT2D eigenvalue weighted by molar-refractivity contribution is 0.834. The third-order valence-corrected chi connectivity index (χ3v) is 12.2. The van der Waals surface area contributed by atoms with E-state index in [1.54, 1.807) is 0 Å². The summed E-state index contributed by atoms with van der Waals surface area (Å²) in [6.45, 7) is 0. The van der Waals surface area contributed by atoms with Gasteiger partial charge in [-0.2, -0.15) is 0 Å². The molecule has 0 spiro atoms. The summed E-state index contributed by atoms with van der Waals surface area (Å²) >= 11 is 0. The molecule has 59 heavy (non-hydrogen) atoms. The van der Waals surface area contributed by atoms with Crippen molar-refractivity contribution in [2.75, 3.05) is 0 Å². The average Bonchev–Trinajstić information content (AvgIpc) is 3.82. The van der Waals surface area contributed by atoms with Gasteiger partial charge in [0.2, 0.25) is 0 Å². The van der Waals surface area contributed by atoms with Crippen LogP contribution in [0.15, 0.2) is 200 Å². The van der Waals surface area contributed by atoms with Gasteiger partial charge in [0.15, 0.2) is 17.5 Å². The van der Waals surface area contributed by atoms with E-state index in [-0.39, 0.29) is 5.92 Å². The third kappa shape index (κ3) is 5.34. The molecule has 0 aliphatic heterocycles. The summed E-state index contributed by atoms with van der Waals surface area (Å²) in [7, 11) is 0. The Morgan fingerprint density at radius 1 is 0.390 bits per heavy atom. The molecule has 0 fully saturated rings. The number of hydrogen-bond donors (Lipinski definition) is 0. The highest BCUT2D eigenvalue weighted by molar-refractivity contribution is 6.24. The molecule has 0 saturated heterocycles. The van der Waals surface area contributed by atoms with E-state index in [0.29, 0.717) is 17.5 Å². The standard InChI is InChI=1S/C55H36N4/c1-4-16-35(17-5-1)34-46-41-25-13-12-24-40(41)44-31-33-49-52(50(44)46)51-39-23-11-10-18-36(39)30-32-48(51)59(49)47-29-15-26-42-43(47)27-14-28-45(42)55-57-53(37-19-6-2-7-20-37)56-54(58-55)38-21-8-3-9-22-38/h1-33,46H,34H2. The van der Waals surface area contributed by atoms with E-state index in [9.17, 15) is 0 Å². The minimum absolute atomic E-state index is 0.214. The van der Waals surface area contributed by atoms with E-state index < -0.39 is 0 Å². The Hall–Kier alpha value is -7.69. The van der Waals surface area contributed by atoms with Gasteiger partial charge in [-0.3, -0.25) is 0 Å². The van der Waals surface area contributed by atoms with Crippen LogP contribution < -0.4 is 0 Å². The molecule has 1 unspecified atom stereocenters. The summed E-state index contributed by atoms with van der Waals surface area (Å²) in [5.41, 5.74) is 13.2. The van der Waals surface area contributed by atoms with Crippen molar-refractivity contribution >= 4 is 43.4 Å². The molecule has 1 atom stereocenters. The van der Waals surface area contributed by atoms with Crippen LogP contribution in [0.1, 0.15) is 22.6 Å². The number of aromatic nitrogens is 4. The average molecular weight is 753 g/mol. The molecule has 11 aromatic rings. The van der Waals surface area contributed by atoms with Crippen molar-refractivity contribution in [2.45, 2.75) is 12.3 Å². The Kier molecular flexibility index (Phi) is 7.63. The van der Waals surface area contributed by atoms with Gasteiger partial charge in [0.25, 0.3) is 0 Å². The Bertz CT molecular complexity index is 3350. The maximum absolute atomic E-state index is 5.15. The number of benzene rings is 9. The maximum atomic E-state index is 5.15. The molecule has 12 rings (SSSR count). The van der Waals surface area contributed by atoms with Gasteiger partial charge in [-0.25, -0.2) is 15.0 Å². The topological polar surface area (TPSA) is 43.6 Å². The summed E-state index contributed by atoms with van der Waals surface area (Å²) in [6, 6.07) is 71.7. The second-order valence-electron chi connectivity index (χ2n) is 15.5. The molecule has 276 valence electrons. The molecule has 1 aliphatic rings. The van der Waals surface area contributed by atoms with E-state index in [4.69, 9.17) is 15.0 Å². The van der Waals surface area contributed by atoms with Crippen LogP contribution in [0.25, 0.3) is 94.3 Å². The molecular weight excluding hydrogens is 717 g/mol. The zero-order valence-corrected chi connectivity index (χ0v) is 32.1. The number of hydrogen-bond acceptors (Lipinski definition) is 3. The highest BCUT2D eigenvalue weighted by Crippen LogP contribution is 2.52. The van der Waals surface area contributed by atoms with Crippen LogP contribution in [0.4, 0.5) is 0 Å². The monoisotopic (exact) mass is 752 g/mol. The van der Waals surface area contributed by atoms with Crippen molar-refractivity contribution in [3.8, 4) is 51.0 Å². The van der Waals surface area contributed by atoms with Gasteiger partial charge >= 0.3 is 0 Å². The van der Waals surface area contributed by atoms with Crippen molar-refractivity contribution < 1.29 is 0 Å². The molecule has 0 N–H and O–H groups in total. The summed E-state index contributed by atoms with van der Waals surface area (Å²) in [4.78, 5) is 15.3. The van der Waals surface area contributed by atoms with E-state index in [1.165, 1.54) is 60.4 Å². The van der Waals surface area contributed by atoms with Crippen LogP contribution in [0.2, 0.25) is 0 Å². The van der Waals surface area contributed by atoms with Crippen LogP contribution in [0, 0.1) is 0 Å². The van der Waals surface area contributed by atoms with Gasteiger partial charge in [0.1, 0.15) is 0 Å². The largest absolute Gasteiger partial charge is 0.309 e. The zero-order chi connectivity index (χ0) is 38.9. The Balaban J connectivity index is 1.13. The van der Waals surface area contributed by atoms with Crippen molar-refractivity contribution in [3.63, 3.8) is 0 Å². The van der Waals surface area contributed by atoms with Gasteiger partial charge in [-0.05, 0) is 68.6 Å². The summed E-state index contributed by atoms with van der Waals surface area (Å²) < 4.78 is 2.50. The van der Waals surface area contributed by atoms with Crippen molar-refractivity contribution in [1.82, 2.24) is 19.5 Å². The lowest BCUT2D eigenvalue weighted by Gasteiger charge is -2.16. The zero-order valence-electron chi connectivity index (χ0n) is 32.1. The molecule has 0 radical (unpaired) electrons. The summed E-state index contributed by atoms with van der Waals surface area (Å²) in [6.07, 6.45) is 0.931. The van der Waals surface area contributed by atoms with Gasteiger partial charge in [0.05, 0.1) is 16.7 Å². The predicted molar refractivity (Wildman–Crippen MR) is 243 cm³/mol. The first-order chi connectivity index (χ1) is 29.3. The molecule has 1 aliphatic carbocycles. The number of fused-ring (bicyclic) bond motifs is 10. The van der Waals surface area contributed by atoms with Crippen LogP contribution in [0.5, 0.6) is 0 Å². The second kappa shape index (κ2) is 13.5. The molecule has 2 aromatic heterocycles. The van der Waals surface area contributed by atoms with Crippen molar-refractivity contribution in [2.24, 2.45) is 0 Å². The lowest BCUT2D eigenvalue weighted by atomic mass is 9.87. The fourth-order valence-electron chi connectivity index (χ4n) is 9.63. The minimum atomic E-state index is 0.214. The highest BCUT2D eigenvalue weighted by atomic mass is 15.0. The van der Waals surface area contributed by atoms with Crippen LogP contribution >= 0.6 is 0 Å². The summed E-state index contributed by atoms with van der Waals surface area (Å²) in [5, 5.41) is 7.35. The molecule has 0 saturated carbocycles. The number of nitrogens with zero attached hydrogens (tertiary/aromatic N) is 4. The van der Waals surface area contributed by atoms with E-state index in [0.717, 1.165) is 39.6 Å². The SMILES string of the molecule is c1ccc(CC2c3ccccc3-c3ccc4c(c32)c2c3ccccc3ccc2n4-c2cccc3c(-c4nc(-c5ccccc5)nc(-c5ccccc5)n4)cccc23)cc1. The smallest absolute Gasteiger partial charge is 0.164 e. The first-order valence-corrected chi connectivity index (χ1v) is 20.3. The molecule has 9 aromatic carbocycles. The molecule has 0 bridgehead atoms. The minimum Gasteiger partial charge on any atom is -0.309 e. The normalized spacial score (nSPS) is 13.3. The van der Waals surface area contributed by atoms with E-state index in [2.05, 4.69) is 168 Å². The summed E-state index contributed by atoms with van der Waals surface area (Å²) in [5.74, 6) is 2.16. The van der Waals surface area contributed by atoms with Crippen LogP contribution in [-0.4, -0.2) is 19.5 Å². The maximum Gasteiger partial charge on any atom is 0.164 e. The highest BCUT2D eigenvalue weighted by Gasteiger charge is 2.33. The third-order valence-electron chi connectivity index (χ3n) is 12.2. The fourth-order valence-corrected chi connectivity index (χ4v) is 9.63. The predicted octanol–water partition coefficient (Wildman–Crippen LogP) is 13.6. The molecular formula is C55H36N4. The first kappa shape index (κ1) is 33.4. The van der Waals surface area contributed by atoms with Crippen molar-refractivity contribution in [1.29, 1.82) is 0 Å².